The number of nitrogens with zero attached hydrogens (tertiary/aromatic N) is 2. The molecule has 1 aromatic rings. The van der Waals surface area contributed by atoms with Crippen LogP contribution in [0.3, 0.4) is 0 Å². The fourth-order valence-electron chi connectivity index (χ4n) is 2.49. The van der Waals surface area contributed by atoms with Gasteiger partial charge in [-0.05, 0) is 25.5 Å². The summed E-state index contributed by atoms with van der Waals surface area (Å²) in [6, 6.07) is 1.95. The molecule has 0 radical (unpaired) electrons. The molecule has 0 saturated carbocycles. The van der Waals surface area contributed by atoms with E-state index in [1.54, 1.807) is 12.3 Å². The Morgan fingerprint density at radius 3 is 2.61 bits per heavy atom. The minimum absolute atomic E-state index is 0.105. The number of rotatable bonds is 6. The van der Waals surface area contributed by atoms with Gasteiger partial charge in [-0.15, -0.1) is 0 Å². The molecule has 18 heavy (non-hydrogen) atoms. The van der Waals surface area contributed by atoms with Crippen LogP contribution in [0.1, 0.15) is 39.2 Å². The number of hydrogen-bond acceptors (Lipinski definition) is 4. The van der Waals surface area contributed by atoms with Crippen molar-refractivity contribution in [3.8, 4) is 0 Å². The second-order valence-corrected chi connectivity index (χ2v) is 4.81. The van der Waals surface area contributed by atoms with Crippen molar-refractivity contribution in [3.05, 3.63) is 34.1 Å². The van der Waals surface area contributed by atoms with E-state index in [1.807, 2.05) is 6.92 Å². The predicted octanol–water partition coefficient (Wildman–Crippen LogP) is 2.73. The Morgan fingerprint density at radius 2 is 2.11 bits per heavy atom. The van der Waals surface area contributed by atoms with Crippen LogP contribution in [0.15, 0.2) is 18.5 Å². The lowest BCUT2D eigenvalue weighted by Gasteiger charge is -2.28. The zero-order valence-electron chi connectivity index (χ0n) is 11.4. The second-order valence-electron chi connectivity index (χ2n) is 4.81. The van der Waals surface area contributed by atoms with Crippen molar-refractivity contribution in [3.63, 3.8) is 0 Å². The number of aromatic nitrogens is 1. The van der Waals surface area contributed by atoms with Gasteiger partial charge in [-0.3, -0.25) is 15.1 Å². The number of nitrogens with one attached hydrogen (secondary N) is 1. The summed E-state index contributed by atoms with van der Waals surface area (Å²) >= 11 is 0. The first-order valence-corrected chi connectivity index (χ1v) is 6.30. The molecule has 100 valence electrons. The van der Waals surface area contributed by atoms with Gasteiger partial charge in [0.25, 0.3) is 5.69 Å². The lowest BCUT2D eigenvalue weighted by Crippen LogP contribution is -2.34. The predicted molar refractivity (Wildman–Crippen MR) is 71.6 cm³/mol. The lowest BCUT2D eigenvalue weighted by atomic mass is 9.82. The van der Waals surface area contributed by atoms with Crippen LogP contribution in [0, 0.1) is 16.0 Å². The van der Waals surface area contributed by atoms with E-state index in [1.165, 1.54) is 6.20 Å². The lowest BCUT2D eigenvalue weighted by molar-refractivity contribution is -0.386. The zero-order chi connectivity index (χ0) is 13.7. The third-order valence-electron chi connectivity index (χ3n) is 3.17. The van der Waals surface area contributed by atoms with Gasteiger partial charge in [-0.1, -0.05) is 20.8 Å². The summed E-state index contributed by atoms with van der Waals surface area (Å²) in [4.78, 5) is 14.6. The number of pyridine rings is 1. The summed E-state index contributed by atoms with van der Waals surface area (Å²) in [5, 5.41) is 14.4. The zero-order valence-corrected chi connectivity index (χ0v) is 11.4. The van der Waals surface area contributed by atoms with E-state index in [4.69, 9.17) is 0 Å². The van der Waals surface area contributed by atoms with E-state index >= 15 is 0 Å². The highest BCUT2D eigenvalue weighted by Gasteiger charge is 2.28. The van der Waals surface area contributed by atoms with Crippen LogP contribution < -0.4 is 5.32 Å². The Labute approximate surface area is 108 Å². The van der Waals surface area contributed by atoms with E-state index < -0.39 is 0 Å². The van der Waals surface area contributed by atoms with Crippen molar-refractivity contribution in [2.75, 3.05) is 6.54 Å². The van der Waals surface area contributed by atoms with Crippen molar-refractivity contribution >= 4 is 5.69 Å². The normalized spacial score (nSPS) is 14.5. The summed E-state index contributed by atoms with van der Waals surface area (Å²) < 4.78 is 0. The van der Waals surface area contributed by atoms with Crippen LogP contribution in [0.25, 0.3) is 0 Å². The quantitative estimate of drug-likeness (QED) is 0.623. The van der Waals surface area contributed by atoms with Crippen molar-refractivity contribution < 1.29 is 4.92 Å². The molecule has 0 fully saturated rings. The van der Waals surface area contributed by atoms with E-state index in [9.17, 15) is 10.1 Å². The molecule has 1 rings (SSSR count). The van der Waals surface area contributed by atoms with Crippen LogP contribution in [-0.4, -0.2) is 22.5 Å². The highest BCUT2D eigenvalue weighted by molar-refractivity contribution is 5.40. The van der Waals surface area contributed by atoms with E-state index in [-0.39, 0.29) is 22.6 Å². The molecule has 2 atom stereocenters. The standard InChI is InChI=1S/C13H21N3O2/c1-5-15-10(4)13(9(2)3)11-6-7-14-8-12(11)16(17)18/h6-10,13,15H,5H2,1-4H3. The first-order chi connectivity index (χ1) is 8.49. The van der Waals surface area contributed by atoms with E-state index in [2.05, 4.69) is 31.1 Å². The topological polar surface area (TPSA) is 68.1 Å². The van der Waals surface area contributed by atoms with Gasteiger partial charge in [0.05, 0.1) is 4.92 Å². The monoisotopic (exact) mass is 251 g/mol. The molecule has 0 aliphatic heterocycles. The Kier molecular flexibility index (Phi) is 5.22. The van der Waals surface area contributed by atoms with Gasteiger partial charge in [0.15, 0.2) is 0 Å². The SMILES string of the molecule is CCNC(C)C(c1ccncc1[N+](=O)[O-])C(C)C. The fraction of sp³-hybridized carbons (Fsp3) is 0.615. The molecular weight excluding hydrogens is 230 g/mol. The van der Waals surface area contributed by atoms with Gasteiger partial charge in [0.1, 0.15) is 6.20 Å². The molecule has 1 heterocycles. The minimum atomic E-state index is -0.351. The summed E-state index contributed by atoms with van der Waals surface area (Å²) in [5.41, 5.74) is 0.874. The second kappa shape index (κ2) is 6.44. The summed E-state index contributed by atoms with van der Waals surface area (Å²) in [6.45, 7) is 9.13. The molecule has 0 amide bonds. The van der Waals surface area contributed by atoms with Gasteiger partial charge in [-0.2, -0.15) is 0 Å². The molecule has 0 aliphatic carbocycles. The largest absolute Gasteiger partial charge is 0.314 e. The van der Waals surface area contributed by atoms with Crippen molar-refractivity contribution in [1.82, 2.24) is 10.3 Å². The highest BCUT2D eigenvalue weighted by atomic mass is 16.6. The smallest absolute Gasteiger partial charge is 0.291 e. The molecule has 0 aliphatic rings. The van der Waals surface area contributed by atoms with Crippen LogP contribution in [0.5, 0.6) is 0 Å². The van der Waals surface area contributed by atoms with Crippen LogP contribution >= 0.6 is 0 Å². The van der Waals surface area contributed by atoms with E-state index in [0.29, 0.717) is 5.92 Å². The minimum Gasteiger partial charge on any atom is -0.314 e. The molecular formula is C13H21N3O2. The summed E-state index contributed by atoms with van der Waals surface area (Å²) in [7, 11) is 0. The Balaban J connectivity index is 3.17. The molecule has 1 aromatic heterocycles. The Morgan fingerprint density at radius 1 is 1.44 bits per heavy atom. The average molecular weight is 251 g/mol. The Hall–Kier alpha value is -1.49. The van der Waals surface area contributed by atoms with Gasteiger partial charge in [-0.25, -0.2) is 0 Å². The first-order valence-electron chi connectivity index (χ1n) is 6.30. The maximum Gasteiger partial charge on any atom is 0.291 e. The van der Waals surface area contributed by atoms with Gasteiger partial charge >= 0.3 is 0 Å². The van der Waals surface area contributed by atoms with Crippen molar-refractivity contribution in [2.24, 2.45) is 5.92 Å². The number of hydrogen-bond donors (Lipinski definition) is 1. The third-order valence-corrected chi connectivity index (χ3v) is 3.17. The molecule has 2 unspecified atom stereocenters. The molecule has 0 saturated heterocycles. The Bertz CT molecular complexity index is 407. The van der Waals surface area contributed by atoms with Gasteiger partial charge in [0, 0.05) is 23.7 Å². The molecule has 0 bridgehead atoms. The van der Waals surface area contributed by atoms with Crippen molar-refractivity contribution in [2.45, 2.75) is 39.7 Å². The summed E-state index contributed by atoms with van der Waals surface area (Å²) in [5.74, 6) is 0.425. The molecule has 1 N–H and O–H groups in total. The molecule has 5 nitrogen and oxygen atoms in total. The maximum absolute atomic E-state index is 11.1. The van der Waals surface area contributed by atoms with Crippen LogP contribution in [0.4, 0.5) is 5.69 Å². The average Bonchev–Trinajstić information content (AvgIpc) is 2.29. The number of nitro groups is 1. The van der Waals surface area contributed by atoms with Crippen molar-refractivity contribution in [1.29, 1.82) is 0 Å². The van der Waals surface area contributed by atoms with Gasteiger partial charge in [0.2, 0.25) is 0 Å². The van der Waals surface area contributed by atoms with E-state index in [0.717, 1.165) is 12.1 Å². The third kappa shape index (κ3) is 3.26. The first kappa shape index (κ1) is 14.6. The number of likely N-dealkylation sites (N-methyl/N-ethyl adjacent to an activating group) is 1. The fourth-order valence-corrected chi connectivity index (χ4v) is 2.49. The van der Waals surface area contributed by atoms with Crippen LogP contribution in [-0.2, 0) is 0 Å². The molecule has 0 spiro atoms. The summed E-state index contributed by atoms with van der Waals surface area (Å²) in [6.07, 6.45) is 2.96. The molecule has 0 aromatic carbocycles. The van der Waals surface area contributed by atoms with Crippen LogP contribution in [0.2, 0.25) is 0 Å². The highest BCUT2D eigenvalue weighted by Crippen LogP contribution is 2.33. The maximum atomic E-state index is 11.1. The van der Waals surface area contributed by atoms with Gasteiger partial charge < -0.3 is 5.32 Å². The molecule has 5 heteroatoms.